The van der Waals surface area contributed by atoms with E-state index < -0.39 is 11.0 Å². The van der Waals surface area contributed by atoms with E-state index in [1.165, 1.54) is 59.8 Å². The Morgan fingerprint density at radius 1 is 0.495 bits per heavy atom. The Kier molecular flexibility index (Phi) is 38.9. The van der Waals surface area contributed by atoms with Crippen LogP contribution in [0.3, 0.4) is 0 Å². The van der Waals surface area contributed by atoms with Crippen LogP contribution in [-0.4, -0.2) is 229 Å². The standard InChI is InChI=1S/C19H19N5O2S.C16H11N3O4S.C10H12BN3O2.2C9H13N3O.C6H10BNO2.C4H8O.CH2Cl2/c25-19(23-18-22-13-16(27-18)14-5-2-1-3-6-14)24-11-7-15(8-12-24)26-17-20-9-4-10-21-17;20-16(23-13-8-6-12(7-9-13)19(21)22)18-15-17-10-14(24-15)11-4-2-1-3-5-11;11-9(15)14-6-2-8(3-7-14)16-10-12-4-1-5-13-10;2*1-4-11-9(12-5-1)13-8-2-6-10-7-3-8;7-6(10)8-3-1-5(9)2-4-8;1-2-4-5-3-1;2-1-3/h1-6,9-10,13,15H,7-8,11-12H2,(H,22,23,25);1-10H,(H,17,18,20);1,4-5,8H,2-3,6-7H2;2*1,4-5,8,10H,2-3,6-7H2;5,9H,1-4H2;1-4H2;1H2. The number of nitrogens with zero attached hydrogens (tertiary/aromatic N) is 14. The van der Waals surface area contributed by atoms with Crippen molar-refractivity contribution >= 4 is 101 Å². The van der Waals surface area contributed by atoms with E-state index >= 15 is 0 Å². The molecule has 31 nitrogen and oxygen atoms in total. The van der Waals surface area contributed by atoms with Crippen LogP contribution < -0.4 is 45.0 Å². The van der Waals surface area contributed by atoms with Gasteiger partial charge in [-0.05, 0) is 125 Å². The summed E-state index contributed by atoms with van der Waals surface area (Å²) in [5.41, 5.74) is 2.03. The number of halogens is 2. The van der Waals surface area contributed by atoms with Gasteiger partial charge in [0.15, 0.2) is 21.9 Å². The molecule has 5 N–H and O–H groups in total. The number of hydrogen-bond donors (Lipinski definition) is 5. The summed E-state index contributed by atoms with van der Waals surface area (Å²) in [5, 5.41) is 32.8. The number of nitrogens with one attached hydrogen (secondary N) is 4. The molecule has 6 fully saturated rings. The van der Waals surface area contributed by atoms with Crippen LogP contribution >= 0.6 is 45.9 Å². The van der Waals surface area contributed by atoms with Crippen molar-refractivity contribution in [3.05, 3.63) is 181 Å². The number of rotatable bonds is 14. The lowest BCUT2D eigenvalue weighted by atomic mass is 10.0. The monoisotopic (exact) mass is 1590 g/mol. The lowest BCUT2D eigenvalue weighted by molar-refractivity contribution is -0.384. The topological polar surface area (TPSA) is 374 Å². The van der Waals surface area contributed by atoms with Gasteiger partial charge < -0.3 is 58.9 Å². The average Bonchev–Trinajstić information content (AvgIpc) is 1.74. The van der Waals surface area contributed by atoms with Gasteiger partial charge in [0, 0.05) is 152 Å². The SMILES string of the molecule is C1CCOC1.ClCCl.O=C(Nc1ncc(-c2ccccc2)s1)N1CCC(Oc2ncccn2)CC1.O=C(Nc1ncc(-c2ccccc2)s1)Oc1ccc([N+](=O)[O-])cc1.[B]C(=O)N1CCC(O)CC1.[B]C(=O)N1CCC(Oc2ncccn2)CC1.c1cnc(OC2CCNCC2)nc1.c1cnc(OC2CCNCC2)nc1. The van der Waals surface area contributed by atoms with Gasteiger partial charge in [-0.25, -0.2) is 59.4 Å². The number of carbonyl (C=O) groups is 4. The molecule has 0 saturated carbocycles. The number of benzene rings is 3. The van der Waals surface area contributed by atoms with Crippen molar-refractivity contribution in [1.82, 2.24) is 75.2 Å². The van der Waals surface area contributed by atoms with E-state index in [0.717, 1.165) is 112 Å². The summed E-state index contributed by atoms with van der Waals surface area (Å²) < 4.78 is 32.5. The lowest BCUT2D eigenvalue weighted by Crippen LogP contribution is -2.43. The molecule has 584 valence electrons. The van der Waals surface area contributed by atoms with Crippen LogP contribution in [-0.2, 0) is 4.74 Å². The second kappa shape index (κ2) is 49.9. The van der Waals surface area contributed by atoms with Gasteiger partial charge >= 0.3 is 36.2 Å². The molecular formula is C74H88B2Cl2N18O13S2. The summed E-state index contributed by atoms with van der Waals surface area (Å²) in [6, 6.07) is 33.6. The number of non-ortho nitro benzene ring substituents is 1. The fraction of sp³-hybridized carbons (Fsp3) is 0.405. The summed E-state index contributed by atoms with van der Waals surface area (Å²) in [6.45, 7) is 9.80. The fourth-order valence-corrected chi connectivity index (χ4v) is 12.6. The fourth-order valence-electron chi connectivity index (χ4n) is 10.9. The third-order valence-electron chi connectivity index (χ3n) is 16.7. The van der Waals surface area contributed by atoms with Gasteiger partial charge in [0.25, 0.3) is 5.69 Å². The van der Waals surface area contributed by atoms with Crippen LogP contribution in [0.25, 0.3) is 20.9 Å². The first-order chi connectivity index (χ1) is 54.2. The van der Waals surface area contributed by atoms with Gasteiger partial charge in [0.2, 0.25) is 15.7 Å². The molecule has 15 rings (SSSR count). The number of piperidine rings is 5. The highest BCUT2D eigenvalue weighted by Crippen LogP contribution is 2.31. The van der Waals surface area contributed by atoms with E-state index in [-0.39, 0.29) is 64.9 Å². The molecule has 111 heavy (non-hydrogen) atoms. The lowest BCUT2D eigenvalue weighted by Gasteiger charge is -2.31. The maximum absolute atomic E-state index is 12.5. The van der Waals surface area contributed by atoms with E-state index in [9.17, 15) is 29.3 Å². The second-order valence-electron chi connectivity index (χ2n) is 24.7. The quantitative estimate of drug-likeness (QED) is 0.0292. The highest BCUT2D eigenvalue weighted by Gasteiger charge is 2.27. The van der Waals surface area contributed by atoms with Crippen LogP contribution in [0.1, 0.15) is 77.0 Å². The first-order valence-electron chi connectivity index (χ1n) is 36.1. The predicted octanol–water partition coefficient (Wildman–Crippen LogP) is 11.8. The van der Waals surface area contributed by atoms with Gasteiger partial charge in [0.1, 0.15) is 30.2 Å². The maximum atomic E-state index is 12.5. The number of carbonyl (C=O) groups excluding carboxylic acids is 4. The molecule has 12 heterocycles. The molecule has 9 aromatic rings. The van der Waals surface area contributed by atoms with E-state index in [2.05, 4.69) is 71.1 Å². The number of alkyl halides is 2. The average molecular weight is 1590 g/mol. The summed E-state index contributed by atoms with van der Waals surface area (Å²) in [6.07, 6.45) is 27.6. The van der Waals surface area contributed by atoms with Crippen LogP contribution in [0.15, 0.2) is 171 Å². The molecular weight excluding hydrogens is 1510 g/mol. The number of nitro groups is 1. The minimum atomic E-state index is -0.710. The van der Waals surface area contributed by atoms with Crippen molar-refractivity contribution in [2.24, 2.45) is 0 Å². The highest BCUT2D eigenvalue weighted by molar-refractivity contribution is 7.19. The van der Waals surface area contributed by atoms with E-state index in [0.29, 0.717) is 86.4 Å². The Morgan fingerprint density at radius 2 is 0.838 bits per heavy atom. The zero-order valence-electron chi connectivity index (χ0n) is 61.1. The smallest absolute Gasteiger partial charge is 0.418 e. The predicted molar refractivity (Wildman–Crippen MR) is 424 cm³/mol. The van der Waals surface area contributed by atoms with Crippen molar-refractivity contribution < 1.29 is 57.6 Å². The minimum Gasteiger partial charge on any atom is -0.460 e. The molecule has 0 spiro atoms. The van der Waals surface area contributed by atoms with Gasteiger partial charge in [-0.2, -0.15) is 0 Å². The largest absolute Gasteiger partial charge is 0.460 e. The normalized spacial score (nSPS) is 15.7. The van der Waals surface area contributed by atoms with E-state index in [1.54, 1.807) is 101 Å². The molecule has 6 aliphatic rings. The zero-order valence-corrected chi connectivity index (χ0v) is 64.2. The molecule has 0 atom stereocenters. The van der Waals surface area contributed by atoms with Crippen molar-refractivity contribution in [2.75, 3.05) is 94.6 Å². The minimum absolute atomic E-state index is 0.0287. The molecule has 6 aliphatic heterocycles. The summed E-state index contributed by atoms with van der Waals surface area (Å²) >= 11 is 12.3. The van der Waals surface area contributed by atoms with Gasteiger partial charge in [0.05, 0.1) is 26.1 Å². The van der Waals surface area contributed by atoms with Crippen LogP contribution in [0.4, 0.5) is 35.1 Å². The van der Waals surface area contributed by atoms with Crippen molar-refractivity contribution in [3.8, 4) is 50.7 Å². The molecule has 5 amide bonds. The number of aliphatic hydroxyl groups is 1. The van der Waals surface area contributed by atoms with Crippen molar-refractivity contribution in [3.63, 3.8) is 0 Å². The highest BCUT2D eigenvalue weighted by atomic mass is 35.5. The Hall–Kier alpha value is -10.1. The second-order valence-corrected chi connectivity index (χ2v) is 27.5. The molecule has 6 aromatic heterocycles. The number of aromatic nitrogens is 10. The molecule has 6 saturated heterocycles. The molecule has 3 aromatic carbocycles. The number of nitro benzene ring substituents is 1. The Labute approximate surface area is 664 Å². The molecule has 0 aliphatic carbocycles. The number of anilines is 2. The zero-order chi connectivity index (χ0) is 78.5. The Bertz CT molecular complexity index is 4010. The van der Waals surface area contributed by atoms with Crippen LogP contribution in [0.2, 0.25) is 0 Å². The Balaban J connectivity index is 0.000000169. The van der Waals surface area contributed by atoms with Gasteiger partial charge in [-0.1, -0.05) is 83.3 Å². The summed E-state index contributed by atoms with van der Waals surface area (Å²) in [7, 11) is 10.2. The number of hydrogen-bond acceptors (Lipinski definition) is 27. The third-order valence-corrected chi connectivity index (χ3v) is 18.6. The van der Waals surface area contributed by atoms with E-state index in [4.69, 9.17) is 72.4 Å². The van der Waals surface area contributed by atoms with Gasteiger partial charge in [-0.3, -0.25) is 30.3 Å². The number of amides is 5. The van der Waals surface area contributed by atoms with Crippen LogP contribution in [0.5, 0.6) is 29.8 Å². The molecule has 37 heteroatoms. The Morgan fingerprint density at radius 3 is 1.18 bits per heavy atom. The summed E-state index contributed by atoms with van der Waals surface area (Å²) in [5.74, 6) is -0.542. The van der Waals surface area contributed by atoms with Crippen molar-refractivity contribution in [1.29, 1.82) is 0 Å². The van der Waals surface area contributed by atoms with Gasteiger partial charge in [-0.15, -0.1) is 23.2 Å². The summed E-state index contributed by atoms with van der Waals surface area (Å²) in [4.78, 5) is 103. The molecule has 0 unspecified atom stereocenters. The first-order valence-corrected chi connectivity index (χ1v) is 38.8. The number of ether oxygens (including phenoxy) is 6. The number of aliphatic hydroxyl groups excluding tert-OH is 1. The van der Waals surface area contributed by atoms with E-state index in [1.807, 2.05) is 60.7 Å². The van der Waals surface area contributed by atoms with Crippen molar-refractivity contribution in [2.45, 2.75) is 108 Å². The maximum Gasteiger partial charge on any atom is 0.418 e. The number of urea groups is 1. The molecule has 4 radical (unpaired) electrons. The first kappa shape index (κ1) is 86.5. The third kappa shape index (κ3) is 33.5. The number of thiazole rings is 2. The van der Waals surface area contributed by atoms with Crippen LogP contribution in [0, 0.1) is 10.1 Å². The molecule has 0 bridgehead atoms. The number of likely N-dealkylation sites (tertiary alicyclic amines) is 3.